The number of carboxylic acids is 1. The standard InChI is InChI=1S/C12H13BrN4O2/c1-2-17-7-15-16-11(17)6-14-10-4-3-8(12(18)19)5-9(10)13/h3-5,7,14H,2,6H2,1H3,(H,18,19). The molecule has 1 heterocycles. The van der Waals surface area contributed by atoms with E-state index in [4.69, 9.17) is 5.11 Å². The largest absolute Gasteiger partial charge is 0.478 e. The van der Waals surface area contributed by atoms with Crippen LogP contribution in [0.4, 0.5) is 5.69 Å². The van der Waals surface area contributed by atoms with Gasteiger partial charge in [-0.3, -0.25) is 0 Å². The van der Waals surface area contributed by atoms with Crippen LogP contribution in [-0.2, 0) is 13.1 Å². The van der Waals surface area contributed by atoms with Gasteiger partial charge in [-0.1, -0.05) is 0 Å². The number of carboxylic acid groups (broad SMARTS) is 1. The van der Waals surface area contributed by atoms with Gasteiger partial charge in [0, 0.05) is 16.7 Å². The molecule has 100 valence electrons. The van der Waals surface area contributed by atoms with Crippen LogP contribution in [0.5, 0.6) is 0 Å². The van der Waals surface area contributed by atoms with E-state index in [-0.39, 0.29) is 5.56 Å². The normalized spacial score (nSPS) is 10.4. The minimum Gasteiger partial charge on any atom is -0.478 e. The lowest BCUT2D eigenvalue weighted by atomic mass is 10.2. The number of hydrogen-bond donors (Lipinski definition) is 2. The van der Waals surface area contributed by atoms with Crippen molar-refractivity contribution >= 4 is 27.6 Å². The zero-order chi connectivity index (χ0) is 13.8. The Kier molecular flexibility index (Phi) is 4.16. The second-order valence-corrected chi connectivity index (χ2v) is 4.74. The van der Waals surface area contributed by atoms with Crippen molar-refractivity contribution in [3.8, 4) is 0 Å². The molecule has 7 heteroatoms. The molecule has 0 aliphatic carbocycles. The van der Waals surface area contributed by atoms with Crippen LogP contribution in [0.2, 0.25) is 0 Å². The molecule has 2 rings (SSSR count). The summed E-state index contributed by atoms with van der Waals surface area (Å²) >= 11 is 3.35. The average molecular weight is 325 g/mol. The summed E-state index contributed by atoms with van der Waals surface area (Å²) < 4.78 is 2.64. The molecule has 19 heavy (non-hydrogen) atoms. The monoisotopic (exact) mass is 324 g/mol. The maximum absolute atomic E-state index is 10.8. The molecule has 2 N–H and O–H groups in total. The lowest BCUT2D eigenvalue weighted by Gasteiger charge is -2.09. The van der Waals surface area contributed by atoms with Gasteiger partial charge in [-0.15, -0.1) is 10.2 Å². The second kappa shape index (κ2) is 5.83. The van der Waals surface area contributed by atoms with E-state index in [1.165, 1.54) is 0 Å². The van der Waals surface area contributed by atoms with Crippen molar-refractivity contribution in [3.63, 3.8) is 0 Å². The summed E-state index contributed by atoms with van der Waals surface area (Å²) in [6.45, 7) is 3.35. The van der Waals surface area contributed by atoms with Gasteiger partial charge < -0.3 is 15.0 Å². The first-order valence-electron chi connectivity index (χ1n) is 5.75. The minimum absolute atomic E-state index is 0.245. The molecule has 0 saturated carbocycles. The first kappa shape index (κ1) is 13.5. The molecule has 0 atom stereocenters. The van der Waals surface area contributed by atoms with Gasteiger partial charge in [0.15, 0.2) is 5.82 Å². The van der Waals surface area contributed by atoms with Crippen LogP contribution in [-0.4, -0.2) is 25.8 Å². The number of benzene rings is 1. The number of aryl methyl sites for hydroxylation is 1. The smallest absolute Gasteiger partial charge is 0.335 e. The van der Waals surface area contributed by atoms with E-state index < -0.39 is 5.97 Å². The Morgan fingerprint density at radius 3 is 2.95 bits per heavy atom. The van der Waals surface area contributed by atoms with Gasteiger partial charge in [-0.25, -0.2) is 4.79 Å². The molecule has 0 fully saturated rings. The van der Waals surface area contributed by atoms with Crippen LogP contribution >= 0.6 is 15.9 Å². The fourth-order valence-corrected chi connectivity index (χ4v) is 2.16. The fraction of sp³-hybridized carbons (Fsp3) is 0.250. The number of aromatic nitrogens is 3. The van der Waals surface area contributed by atoms with Gasteiger partial charge in [0.25, 0.3) is 0 Å². The van der Waals surface area contributed by atoms with E-state index >= 15 is 0 Å². The van der Waals surface area contributed by atoms with Crippen LogP contribution in [0.25, 0.3) is 0 Å². The van der Waals surface area contributed by atoms with Crippen LogP contribution in [0, 0.1) is 0 Å². The summed E-state index contributed by atoms with van der Waals surface area (Å²) in [6.07, 6.45) is 1.68. The third-order valence-corrected chi connectivity index (χ3v) is 3.35. The number of aromatic carboxylic acids is 1. The Labute approximate surface area is 118 Å². The molecule has 0 aliphatic rings. The number of nitrogens with zero attached hydrogens (tertiary/aromatic N) is 3. The number of hydrogen-bond acceptors (Lipinski definition) is 4. The van der Waals surface area contributed by atoms with E-state index in [0.29, 0.717) is 11.0 Å². The van der Waals surface area contributed by atoms with Gasteiger partial charge in [0.1, 0.15) is 6.33 Å². The number of nitrogens with one attached hydrogen (secondary N) is 1. The van der Waals surface area contributed by atoms with Crippen molar-refractivity contribution in [1.29, 1.82) is 0 Å². The summed E-state index contributed by atoms with van der Waals surface area (Å²) in [5.41, 5.74) is 1.06. The van der Waals surface area contributed by atoms with Crippen LogP contribution in [0.3, 0.4) is 0 Å². The van der Waals surface area contributed by atoms with Gasteiger partial charge >= 0.3 is 5.97 Å². The van der Waals surface area contributed by atoms with E-state index in [2.05, 4.69) is 31.4 Å². The molecule has 0 unspecified atom stereocenters. The third kappa shape index (κ3) is 3.11. The highest BCUT2D eigenvalue weighted by molar-refractivity contribution is 9.10. The molecule has 0 amide bonds. The van der Waals surface area contributed by atoms with Gasteiger partial charge in [-0.2, -0.15) is 0 Å². The molecule has 2 aromatic rings. The SMILES string of the molecule is CCn1cnnc1CNc1ccc(C(=O)O)cc1Br. The number of anilines is 1. The van der Waals surface area contributed by atoms with E-state index in [1.54, 1.807) is 24.5 Å². The molecule has 0 saturated heterocycles. The number of rotatable bonds is 5. The van der Waals surface area contributed by atoms with E-state index in [9.17, 15) is 4.79 Å². The average Bonchev–Trinajstić information content (AvgIpc) is 2.84. The Morgan fingerprint density at radius 1 is 1.53 bits per heavy atom. The third-order valence-electron chi connectivity index (χ3n) is 2.69. The van der Waals surface area contributed by atoms with Crippen molar-refractivity contribution in [2.75, 3.05) is 5.32 Å². The molecule has 1 aromatic carbocycles. The van der Waals surface area contributed by atoms with Crippen molar-refractivity contribution in [1.82, 2.24) is 14.8 Å². The molecular weight excluding hydrogens is 312 g/mol. The zero-order valence-corrected chi connectivity index (χ0v) is 11.9. The zero-order valence-electron chi connectivity index (χ0n) is 10.3. The predicted molar refractivity (Wildman–Crippen MR) is 74.1 cm³/mol. The molecule has 0 spiro atoms. The Balaban J connectivity index is 2.10. The first-order valence-corrected chi connectivity index (χ1v) is 6.54. The Morgan fingerprint density at radius 2 is 2.32 bits per heavy atom. The van der Waals surface area contributed by atoms with Crippen molar-refractivity contribution in [3.05, 3.63) is 40.4 Å². The summed E-state index contributed by atoms with van der Waals surface area (Å²) in [5, 5.41) is 19.9. The van der Waals surface area contributed by atoms with Crippen molar-refractivity contribution in [2.24, 2.45) is 0 Å². The molecule has 1 aromatic heterocycles. The van der Waals surface area contributed by atoms with Crippen LogP contribution in [0.15, 0.2) is 29.0 Å². The van der Waals surface area contributed by atoms with E-state index in [0.717, 1.165) is 18.1 Å². The van der Waals surface area contributed by atoms with Crippen LogP contribution < -0.4 is 5.32 Å². The number of halogens is 1. The lowest BCUT2D eigenvalue weighted by molar-refractivity contribution is 0.0697. The highest BCUT2D eigenvalue weighted by atomic mass is 79.9. The Hall–Kier alpha value is -1.89. The minimum atomic E-state index is -0.946. The highest BCUT2D eigenvalue weighted by Gasteiger charge is 2.08. The Bertz CT molecular complexity index is 597. The maximum Gasteiger partial charge on any atom is 0.335 e. The molecular formula is C12H13BrN4O2. The summed E-state index contributed by atoms with van der Waals surface area (Å²) in [4.78, 5) is 10.8. The van der Waals surface area contributed by atoms with Gasteiger partial charge in [0.05, 0.1) is 12.1 Å². The lowest BCUT2D eigenvalue weighted by Crippen LogP contribution is -2.08. The van der Waals surface area contributed by atoms with Crippen molar-refractivity contribution in [2.45, 2.75) is 20.0 Å². The fourth-order valence-electron chi connectivity index (χ4n) is 1.65. The highest BCUT2D eigenvalue weighted by Crippen LogP contribution is 2.24. The first-order chi connectivity index (χ1) is 9.11. The number of carbonyl (C=O) groups is 1. The quantitative estimate of drug-likeness (QED) is 0.882. The summed E-state index contributed by atoms with van der Waals surface area (Å²) in [5.74, 6) is -0.116. The molecule has 6 nitrogen and oxygen atoms in total. The summed E-state index contributed by atoms with van der Waals surface area (Å²) in [6, 6.07) is 4.84. The predicted octanol–water partition coefficient (Wildman–Crippen LogP) is 2.37. The second-order valence-electron chi connectivity index (χ2n) is 3.89. The topological polar surface area (TPSA) is 80.0 Å². The van der Waals surface area contributed by atoms with Crippen LogP contribution in [0.1, 0.15) is 23.1 Å². The van der Waals surface area contributed by atoms with Gasteiger partial charge in [-0.05, 0) is 41.1 Å². The summed E-state index contributed by atoms with van der Waals surface area (Å²) in [7, 11) is 0. The molecule has 0 bridgehead atoms. The molecule has 0 radical (unpaired) electrons. The van der Waals surface area contributed by atoms with Gasteiger partial charge in [0.2, 0.25) is 0 Å². The van der Waals surface area contributed by atoms with E-state index in [1.807, 2.05) is 11.5 Å². The maximum atomic E-state index is 10.8. The van der Waals surface area contributed by atoms with Crippen molar-refractivity contribution < 1.29 is 9.90 Å². The molecule has 0 aliphatic heterocycles.